The van der Waals surface area contributed by atoms with Crippen LogP contribution in [0.15, 0.2) is 29.2 Å². The van der Waals surface area contributed by atoms with Crippen LogP contribution in [0, 0.1) is 13.8 Å². The molecule has 1 N–H and O–H groups in total. The summed E-state index contributed by atoms with van der Waals surface area (Å²) in [6.07, 6.45) is 4.65. The molecule has 1 unspecified atom stereocenters. The second-order valence-corrected chi connectivity index (χ2v) is 11.2. The van der Waals surface area contributed by atoms with Crippen molar-refractivity contribution in [3.05, 3.63) is 52.8 Å². The van der Waals surface area contributed by atoms with Crippen molar-refractivity contribution in [3.8, 4) is 29.5 Å². The summed E-state index contributed by atoms with van der Waals surface area (Å²) in [5.41, 5.74) is 6.28. The second kappa shape index (κ2) is 10.8. The number of nitrogens with one attached hydrogen (secondary N) is 1. The van der Waals surface area contributed by atoms with Crippen molar-refractivity contribution in [3.63, 3.8) is 0 Å². The van der Waals surface area contributed by atoms with Crippen LogP contribution in [0.1, 0.15) is 81.4 Å². The standard InChI is InChI=1S/C31H41N3O5/c1-11-14-31(7)16-15-30(5,6)21-17-18(2)26(19(3)24(21)31)39-23-13-12-22(38-23)20(4)32-25-27(35-8)33-29(37-10)34-28(25)36-9/h12-13,17,32H,4,11,14-16H2,1-3,5-10H3. The van der Waals surface area contributed by atoms with Gasteiger partial charge in [0.2, 0.25) is 11.8 Å². The largest absolute Gasteiger partial charge is 0.479 e. The maximum atomic E-state index is 6.42. The fourth-order valence-electron chi connectivity index (χ4n) is 5.83. The number of hydrogen-bond acceptors (Lipinski definition) is 8. The first-order chi connectivity index (χ1) is 18.5. The number of anilines is 1. The smallest absolute Gasteiger partial charge is 0.322 e. The van der Waals surface area contributed by atoms with Crippen molar-refractivity contribution in [2.75, 3.05) is 26.6 Å². The van der Waals surface area contributed by atoms with Gasteiger partial charge in [-0.2, -0.15) is 9.97 Å². The molecule has 0 saturated heterocycles. The Morgan fingerprint density at radius 1 is 1.03 bits per heavy atom. The van der Waals surface area contributed by atoms with Gasteiger partial charge < -0.3 is 28.7 Å². The number of aromatic nitrogens is 2. The monoisotopic (exact) mass is 535 g/mol. The van der Waals surface area contributed by atoms with E-state index in [0.29, 0.717) is 23.1 Å². The van der Waals surface area contributed by atoms with Crippen molar-refractivity contribution in [2.24, 2.45) is 0 Å². The fourth-order valence-corrected chi connectivity index (χ4v) is 5.83. The lowest BCUT2D eigenvalue weighted by Gasteiger charge is -2.45. The van der Waals surface area contributed by atoms with Gasteiger partial charge in [-0.05, 0) is 72.3 Å². The van der Waals surface area contributed by atoms with E-state index in [1.165, 1.54) is 50.9 Å². The topological polar surface area (TPSA) is 87.9 Å². The molecule has 0 saturated carbocycles. The highest BCUT2D eigenvalue weighted by Gasteiger charge is 2.41. The van der Waals surface area contributed by atoms with Crippen molar-refractivity contribution in [2.45, 2.75) is 78.1 Å². The van der Waals surface area contributed by atoms with Crippen LogP contribution in [0.3, 0.4) is 0 Å². The van der Waals surface area contributed by atoms with Crippen molar-refractivity contribution in [1.82, 2.24) is 9.97 Å². The number of methoxy groups -OCH3 is 3. The average Bonchev–Trinajstić information content (AvgIpc) is 3.38. The summed E-state index contributed by atoms with van der Waals surface area (Å²) in [6, 6.07) is 6.05. The molecule has 210 valence electrons. The van der Waals surface area contributed by atoms with E-state index in [2.05, 4.69) is 69.5 Å². The summed E-state index contributed by atoms with van der Waals surface area (Å²) in [7, 11) is 4.48. The zero-order valence-corrected chi connectivity index (χ0v) is 24.7. The lowest BCUT2D eigenvalue weighted by Crippen LogP contribution is -2.36. The maximum absolute atomic E-state index is 6.42. The third-order valence-electron chi connectivity index (χ3n) is 7.89. The van der Waals surface area contributed by atoms with Gasteiger partial charge in [0, 0.05) is 6.07 Å². The minimum atomic E-state index is 0.126. The number of rotatable bonds is 10. The van der Waals surface area contributed by atoms with E-state index >= 15 is 0 Å². The molecule has 0 radical (unpaired) electrons. The number of hydrogen-bond donors (Lipinski definition) is 1. The molecular formula is C31H41N3O5. The Kier molecular flexibility index (Phi) is 7.87. The summed E-state index contributed by atoms with van der Waals surface area (Å²) in [5, 5.41) is 3.15. The first-order valence-electron chi connectivity index (χ1n) is 13.4. The van der Waals surface area contributed by atoms with Gasteiger partial charge in [0.15, 0.2) is 11.4 Å². The first kappa shape index (κ1) is 28.3. The highest BCUT2D eigenvalue weighted by atomic mass is 16.6. The van der Waals surface area contributed by atoms with Gasteiger partial charge in [-0.1, -0.05) is 46.8 Å². The minimum Gasteiger partial charge on any atom is -0.479 e. The molecule has 2 aromatic heterocycles. The molecule has 0 bridgehead atoms. The van der Waals surface area contributed by atoms with Crippen LogP contribution in [-0.4, -0.2) is 31.3 Å². The number of nitrogens with zero attached hydrogens (tertiary/aromatic N) is 2. The molecule has 0 aliphatic heterocycles. The average molecular weight is 536 g/mol. The highest BCUT2D eigenvalue weighted by Crippen LogP contribution is 2.52. The molecule has 3 aromatic rings. The van der Waals surface area contributed by atoms with E-state index in [1.54, 1.807) is 12.1 Å². The molecule has 8 nitrogen and oxygen atoms in total. The van der Waals surface area contributed by atoms with Crippen LogP contribution in [0.5, 0.6) is 29.5 Å². The summed E-state index contributed by atoms with van der Waals surface area (Å²) in [4.78, 5) is 8.44. The van der Waals surface area contributed by atoms with Crippen molar-refractivity contribution < 1.29 is 23.4 Å². The number of furan rings is 1. The molecule has 0 fully saturated rings. The Bertz CT molecular complexity index is 1350. The molecule has 1 aliphatic rings. The first-order valence-corrected chi connectivity index (χ1v) is 13.4. The second-order valence-electron chi connectivity index (χ2n) is 11.2. The molecule has 8 heteroatoms. The summed E-state index contributed by atoms with van der Waals surface area (Å²) in [5.74, 6) is 2.23. The predicted octanol–water partition coefficient (Wildman–Crippen LogP) is 7.72. The lowest BCUT2D eigenvalue weighted by molar-refractivity contribution is 0.289. The van der Waals surface area contributed by atoms with Crippen molar-refractivity contribution in [1.29, 1.82) is 0 Å². The Balaban J connectivity index is 1.64. The molecule has 39 heavy (non-hydrogen) atoms. The molecule has 2 heterocycles. The molecule has 1 aliphatic carbocycles. The lowest BCUT2D eigenvalue weighted by atomic mass is 9.59. The van der Waals surface area contributed by atoms with Gasteiger partial charge >= 0.3 is 6.01 Å². The summed E-state index contributed by atoms with van der Waals surface area (Å²) in [6.45, 7) is 17.8. The van der Waals surface area contributed by atoms with Crippen LogP contribution in [0.25, 0.3) is 5.70 Å². The van der Waals surface area contributed by atoms with E-state index in [1.807, 2.05) is 0 Å². The fraction of sp³-hybridized carbons (Fsp3) is 0.484. The Morgan fingerprint density at radius 2 is 1.69 bits per heavy atom. The Morgan fingerprint density at radius 3 is 2.28 bits per heavy atom. The Labute approximate surface area is 231 Å². The van der Waals surface area contributed by atoms with Gasteiger partial charge in [0.25, 0.3) is 5.95 Å². The zero-order valence-electron chi connectivity index (χ0n) is 24.7. The molecule has 1 atom stereocenters. The number of ether oxygens (including phenoxy) is 4. The molecule has 0 amide bonds. The van der Waals surface area contributed by atoms with E-state index in [4.69, 9.17) is 23.4 Å². The van der Waals surface area contributed by atoms with Gasteiger partial charge in [-0.15, -0.1) is 0 Å². The molecule has 4 rings (SSSR count). The van der Waals surface area contributed by atoms with E-state index in [0.717, 1.165) is 24.2 Å². The highest BCUT2D eigenvalue weighted by molar-refractivity contribution is 5.78. The van der Waals surface area contributed by atoms with Gasteiger partial charge in [0.1, 0.15) is 5.75 Å². The SMILES string of the molecule is C=C(Nc1c(OC)nc(OC)nc1OC)c1ccc(Oc2c(C)cc3c(c2C)C(C)(CCC)CCC3(C)C)o1. The van der Waals surface area contributed by atoms with E-state index < -0.39 is 0 Å². The summed E-state index contributed by atoms with van der Waals surface area (Å²) >= 11 is 0. The molecular weight excluding hydrogens is 494 g/mol. The van der Waals surface area contributed by atoms with Gasteiger partial charge in [-0.25, -0.2) is 0 Å². The molecule has 0 spiro atoms. The molecule has 1 aromatic carbocycles. The van der Waals surface area contributed by atoms with E-state index in [9.17, 15) is 0 Å². The third kappa shape index (κ3) is 5.29. The number of aryl methyl sites for hydroxylation is 1. The quantitative estimate of drug-likeness (QED) is 0.282. The number of fused-ring (bicyclic) bond motifs is 1. The van der Waals surface area contributed by atoms with E-state index in [-0.39, 0.29) is 28.6 Å². The number of benzene rings is 1. The summed E-state index contributed by atoms with van der Waals surface area (Å²) < 4.78 is 28.4. The maximum Gasteiger partial charge on any atom is 0.322 e. The predicted molar refractivity (Wildman–Crippen MR) is 154 cm³/mol. The van der Waals surface area contributed by atoms with Gasteiger partial charge in [-0.3, -0.25) is 0 Å². The van der Waals surface area contributed by atoms with Crippen LogP contribution in [0.4, 0.5) is 5.69 Å². The minimum absolute atomic E-state index is 0.126. The van der Waals surface area contributed by atoms with Gasteiger partial charge in [0.05, 0.1) is 27.0 Å². The van der Waals surface area contributed by atoms with Crippen molar-refractivity contribution >= 4 is 11.4 Å². The van der Waals surface area contributed by atoms with Crippen LogP contribution in [0.2, 0.25) is 0 Å². The third-order valence-corrected chi connectivity index (χ3v) is 7.89. The van der Waals surface area contributed by atoms with Crippen LogP contribution < -0.4 is 24.3 Å². The van der Waals surface area contributed by atoms with Crippen LogP contribution >= 0.6 is 0 Å². The zero-order chi connectivity index (χ0) is 28.5. The van der Waals surface area contributed by atoms with Crippen LogP contribution in [-0.2, 0) is 10.8 Å². The normalized spacial score (nSPS) is 17.8. The Hall–Kier alpha value is -3.68.